The maximum atomic E-state index is 11.0. The van der Waals surface area contributed by atoms with Crippen molar-refractivity contribution < 1.29 is 18.4 Å². The third kappa shape index (κ3) is 6.76. The molecule has 5 heteroatoms. The van der Waals surface area contributed by atoms with E-state index in [-0.39, 0.29) is 5.97 Å². The van der Waals surface area contributed by atoms with Gasteiger partial charge in [0.25, 0.3) is 0 Å². The van der Waals surface area contributed by atoms with E-state index in [1.165, 1.54) is 6.08 Å². The number of carbonyl (C=O) groups is 1. The summed E-state index contributed by atoms with van der Waals surface area (Å²) in [4.78, 5) is 11.0. The van der Waals surface area contributed by atoms with Crippen LogP contribution in [0.3, 0.4) is 0 Å². The number of allylic oxidation sites excluding steroid dienone is 1. The van der Waals surface area contributed by atoms with Gasteiger partial charge in [0, 0.05) is 20.3 Å². The van der Waals surface area contributed by atoms with Gasteiger partial charge >= 0.3 is 14.5 Å². The molecule has 0 radical (unpaired) electrons. The highest BCUT2D eigenvalue weighted by Crippen LogP contribution is 2.14. The number of esters is 1. The molecule has 0 aromatic rings. The van der Waals surface area contributed by atoms with E-state index in [1.54, 1.807) is 27.2 Å². The lowest BCUT2D eigenvalue weighted by Gasteiger charge is -2.22. The Morgan fingerprint density at radius 1 is 1.25 bits per heavy atom. The van der Waals surface area contributed by atoms with Gasteiger partial charge in [-0.2, -0.15) is 0 Å². The molecule has 0 heterocycles. The first-order valence-electron chi connectivity index (χ1n) is 5.47. The fourth-order valence-corrected chi connectivity index (χ4v) is 2.66. The average Bonchev–Trinajstić information content (AvgIpc) is 2.28. The minimum absolute atomic E-state index is 0.277. The number of unbranched alkanes of at least 4 members (excludes halogenated alkanes) is 1. The molecule has 0 saturated heterocycles. The van der Waals surface area contributed by atoms with Gasteiger partial charge in [0.1, 0.15) is 0 Å². The maximum Gasteiger partial charge on any atom is 0.334 e. The monoisotopic (exact) mass is 246 g/mol. The van der Waals surface area contributed by atoms with Crippen molar-refractivity contribution in [2.75, 3.05) is 20.8 Å². The van der Waals surface area contributed by atoms with Crippen LogP contribution in [0.4, 0.5) is 0 Å². The normalized spacial score (nSPS) is 12.0. The van der Waals surface area contributed by atoms with E-state index in [0.717, 1.165) is 18.9 Å². The lowest BCUT2D eigenvalue weighted by atomic mass is 10.3. The molecule has 0 aromatic heterocycles. The first-order valence-corrected chi connectivity index (χ1v) is 8.00. The highest BCUT2D eigenvalue weighted by atomic mass is 28.4. The van der Waals surface area contributed by atoms with Gasteiger partial charge in [-0.3, -0.25) is 0 Å². The van der Waals surface area contributed by atoms with Crippen molar-refractivity contribution >= 4 is 14.5 Å². The van der Waals surface area contributed by atoms with Crippen LogP contribution >= 0.6 is 0 Å². The number of ether oxygens (including phenoxy) is 1. The third-order valence-electron chi connectivity index (χ3n) is 2.44. The molecule has 0 amide bonds. The van der Waals surface area contributed by atoms with Crippen molar-refractivity contribution in [2.45, 2.75) is 32.4 Å². The summed E-state index contributed by atoms with van der Waals surface area (Å²) in [6, 6.07) is 0.918. The standard InChI is InChI=1S/C11H22O4Si/c1-5-8-11(12)15-9-6-7-10-16(4,13-2)14-3/h5,8H,6-7,9-10H2,1-4H3. The molecule has 4 nitrogen and oxygen atoms in total. The van der Waals surface area contributed by atoms with Crippen molar-refractivity contribution in [2.24, 2.45) is 0 Å². The average molecular weight is 246 g/mol. The molecule has 0 fully saturated rings. The quantitative estimate of drug-likeness (QED) is 0.285. The van der Waals surface area contributed by atoms with Gasteiger partial charge in [-0.25, -0.2) is 4.79 Å². The van der Waals surface area contributed by atoms with E-state index in [1.807, 2.05) is 6.55 Å². The summed E-state index contributed by atoms with van der Waals surface area (Å²) in [6.45, 7) is 4.27. The topological polar surface area (TPSA) is 44.8 Å². The second kappa shape index (κ2) is 8.49. The molecule has 0 aromatic carbocycles. The predicted octanol–water partition coefficient (Wildman–Crippen LogP) is 2.25. The highest BCUT2D eigenvalue weighted by Gasteiger charge is 2.27. The van der Waals surface area contributed by atoms with Crippen LogP contribution < -0.4 is 0 Å². The van der Waals surface area contributed by atoms with Gasteiger partial charge in [-0.15, -0.1) is 0 Å². The summed E-state index contributed by atoms with van der Waals surface area (Å²) in [6.07, 6.45) is 4.89. The predicted molar refractivity (Wildman–Crippen MR) is 65.5 cm³/mol. The molecule has 0 bridgehead atoms. The summed E-state index contributed by atoms with van der Waals surface area (Å²) in [7, 11) is 1.42. The van der Waals surface area contributed by atoms with E-state index < -0.39 is 8.56 Å². The smallest absolute Gasteiger partial charge is 0.334 e. The van der Waals surface area contributed by atoms with Crippen molar-refractivity contribution in [1.29, 1.82) is 0 Å². The molecule has 0 aliphatic heterocycles. The molecule has 0 unspecified atom stereocenters. The Balaban J connectivity index is 3.57. The molecule has 16 heavy (non-hydrogen) atoms. The van der Waals surface area contributed by atoms with Gasteiger partial charge in [0.05, 0.1) is 6.61 Å². The second-order valence-corrected chi connectivity index (χ2v) is 7.25. The Bertz CT molecular complexity index is 224. The van der Waals surface area contributed by atoms with E-state index >= 15 is 0 Å². The van der Waals surface area contributed by atoms with Crippen LogP contribution in [0, 0.1) is 0 Å². The first kappa shape index (κ1) is 15.3. The van der Waals surface area contributed by atoms with Crippen LogP contribution in [0.5, 0.6) is 0 Å². The number of hydrogen-bond donors (Lipinski definition) is 0. The molecule has 0 saturated carbocycles. The van der Waals surface area contributed by atoms with Crippen molar-refractivity contribution in [3.05, 3.63) is 12.2 Å². The zero-order valence-corrected chi connectivity index (χ0v) is 11.6. The number of carbonyl (C=O) groups excluding carboxylic acids is 1. The van der Waals surface area contributed by atoms with Crippen LogP contribution in [0.2, 0.25) is 12.6 Å². The summed E-state index contributed by atoms with van der Waals surface area (Å²) in [5.41, 5.74) is 0. The van der Waals surface area contributed by atoms with Crippen LogP contribution in [-0.2, 0) is 18.4 Å². The van der Waals surface area contributed by atoms with Crippen molar-refractivity contribution in [3.63, 3.8) is 0 Å². The minimum Gasteiger partial charge on any atom is -0.463 e. The maximum absolute atomic E-state index is 11.0. The Labute approximate surface area is 98.8 Å². The fraction of sp³-hybridized carbons (Fsp3) is 0.727. The zero-order valence-electron chi connectivity index (χ0n) is 10.6. The molecular weight excluding hydrogens is 224 g/mol. The van der Waals surface area contributed by atoms with Crippen LogP contribution in [0.1, 0.15) is 19.8 Å². The third-order valence-corrected chi connectivity index (χ3v) is 5.42. The number of hydrogen-bond acceptors (Lipinski definition) is 4. The SMILES string of the molecule is CC=CC(=O)OCCCC[Si](C)(OC)OC. The minimum atomic E-state index is -1.94. The van der Waals surface area contributed by atoms with Crippen LogP contribution in [0.15, 0.2) is 12.2 Å². The molecule has 0 aliphatic carbocycles. The lowest BCUT2D eigenvalue weighted by molar-refractivity contribution is -0.137. The van der Waals surface area contributed by atoms with Gasteiger partial charge in [0.2, 0.25) is 0 Å². The van der Waals surface area contributed by atoms with Gasteiger partial charge < -0.3 is 13.6 Å². The summed E-state index contributed by atoms with van der Waals surface area (Å²) in [5, 5.41) is 0. The molecular formula is C11H22O4Si. The lowest BCUT2D eigenvalue weighted by Crippen LogP contribution is -2.35. The Morgan fingerprint density at radius 2 is 1.88 bits per heavy atom. The molecule has 0 spiro atoms. The largest absolute Gasteiger partial charge is 0.463 e. The summed E-state index contributed by atoms with van der Waals surface area (Å²) < 4.78 is 15.7. The van der Waals surface area contributed by atoms with E-state index in [4.69, 9.17) is 13.6 Å². The Kier molecular flexibility index (Phi) is 8.15. The van der Waals surface area contributed by atoms with Crippen molar-refractivity contribution in [3.8, 4) is 0 Å². The molecule has 94 valence electrons. The van der Waals surface area contributed by atoms with Crippen LogP contribution in [-0.4, -0.2) is 35.4 Å². The van der Waals surface area contributed by atoms with Gasteiger partial charge in [-0.1, -0.05) is 6.08 Å². The molecule has 0 rings (SSSR count). The summed E-state index contributed by atoms with van der Waals surface area (Å²) >= 11 is 0. The highest BCUT2D eigenvalue weighted by molar-refractivity contribution is 6.65. The van der Waals surface area contributed by atoms with Crippen LogP contribution in [0.25, 0.3) is 0 Å². The Hall–Kier alpha value is -0.653. The molecule has 0 N–H and O–H groups in total. The number of rotatable bonds is 8. The molecule has 0 atom stereocenters. The Morgan fingerprint density at radius 3 is 2.38 bits per heavy atom. The van der Waals surface area contributed by atoms with E-state index in [9.17, 15) is 4.79 Å². The first-order chi connectivity index (χ1) is 7.58. The molecule has 0 aliphatic rings. The van der Waals surface area contributed by atoms with Gasteiger partial charge in [-0.05, 0) is 32.4 Å². The van der Waals surface area contributed by atoms with Gasteiger partial charge in [0.15, 0.2) is 0 Å². The van der Waals surface area contributed by atoms with E-state index in [0.29, 0.717) is 6.61 Å². The van der Waals surface area contributed by atoms with E-state index in [2.05, 4.69) is 0 Å². The van der Waals surface area contributed by atoms with Crippen molar-refractivity contribution in [1.82, 2.24) is 0 Å². The zero-order chi connectivity index (χ0) is 12.4. The second-order valence-electron chi connectivity index (χ2n) is 3.67. The summed E-state index contributed by atoms with van der Waals surface area (Å²) in [5.74, 6) is -0.277. The fourth-order valence-electron chi connectivity index (χ4n) is 1.19.